The number of hydrogen-bond acceptors (Lipinski definition) is 2. The van der Waals surface area contributed by atoms with E-state index < -0.39 is 0 Å². The summed E-state index contributed by atoms with van der Waals surface area (Å²) in [6.45, 7) is 6.71. The summed E-state index contributed by atoms with van der Waals surface area (Å²) in [7, 11) is 0. The Morgan fingerprint density at radius 1 is 0.900 bits per heavy atom. The highest BCUT2D eigenvalue weighted by Gasteiger charge is 2.12. The highest BCUT2D eigenvalue weighted by molar-refractivity contribution is 7.13. The van der Waals surface area contributed by atoms with Crippen molar-refractivity contribution in [2.75, 3.05) is 0 Å². The highest BCUT2D eigenvalue weighted by Crippen LogP contribution is 2.28. The van der Waals surface area contributed by atoms with Gasteiger partial charge in [-0.1, -0.05) is 51.1 Å². The first-order valence-electron chi connectivity index (χ1n) is 6.54. The zero-order valence-corrected chi connectivity index (χ0v) is 13.6. The minimum atomic E-state index is 0.236. The van der Waals surface area contributed by atoms with E-state index in [1.807, 2.05) is 23.6 Å². The van der Waals surface area contributed by atoms with Crippen molar-refractivity contribution < 1.29 is 0 Å². The minimum Gasteiger partial charge on any atom is -0.143 e. The number of rotatable bonds is 1. The maximum atomic E-state index is 3.11. The van der Waals surface area contributed by atoms with E-state index in [0.29, 0.717) is 0 Å². The molecule has 2 heterocycles. The summed E-state index contributed by atoms with van der Waals surface area (Å²) < 4.78 is 0. The summed E-state index contributed by atoms with van der Waals surface area (Å²) in [5, 5.41) is 8.00. The molecular weight excluding hydrogens is 280 g/mol. The third-order valence-corrected chi connectivity index (χ3v) is 4.30. The van der Waals surface area contributed by atoms with Gasteiger partial charge in [0.25, 0.3) is 0 Å². The molecule has 0 aliphatic carbocycles. The highest BCUT2D eigenvalue weighted by atomic mass is 32.1. The molecule has 2 aromatic heterocycles. The van der Waals surface area contributed by atoms with Crippen molar-refractivity contribution in [3.63, 3.8) is 0 Å². The van der Waals surface area contributed by atoms with Gasteiger partial charge in [0.05, 0.1) is 0 Å². The summed E-state index contributed by atoms with van der Waals surface area (Å²) >= 11 is 3.25. The Hall–Kier alpha value is -1.38. The third kappa shape index (κ3) is 4.32. The molecule has 0 N–H and O–H groups in total. The molecule has 0 atom stereocenters. The second kappa shape index (κ2) is 6.87. The molecule has 2 radical (unpaired) electrons. The fourth-order valence-corrected chi connectivity index (χ4v) is 2.77. The molecule has 0 spiro atoms. The normalized spacial score (nSPS) is 10.8. The summed E-state index contributed by atoms with van der Waals surface area (Å²) in [5.41, 5.74) is 2.90. The molecule has 0 nitrogen and oxygen atoms in total. The van der Waals surface area contributed by atoms with Crippen LogP contribution in [0.5, 0.6) is 0 Å². The zero-order chi connectivity index (χ0) is 14.4. The minimum absolute atomic E-state index is 0.236. The lowest BCUT2D eigenvalue weighted by Crippen LogP contribution is -2.10. The fraction of sp³-hybridized carbons (Fsp3) is 0.222. The summed E-state index contributed by atoms with van der Waals surface area (Å²) in [4.78, 5) is 1.29. The fourth-order valence-electron chi connectivity index (χ4n) is 1.73. The van der Waals surface area contributed by atoms with E-state index in [2.05, 4.69) is 61.9 Å². The Morgan fingerprint density at radius 2 is 1.65 bits per heavy atom. The van der Waals surface area contributed by atoms with Gasteiger partial charge >= 0.3 is 0 Å². The van der Waals surface area contributed by atoms with Crippen molar-refractivity contribution in [2.45, 2.75) is 26.2 Å². The molecule has 3 aromatic rings. The third-order valence-electron chi connectivity index (χ3n) is 2.89. The lowest BCUT2D eigenvalue weighted by atomic mass is 9.86. The number of thiophene rings is 2. The molecule has 0 amide bonds. The van der Waals surface area contributed by atoms with Gasteiger partial charge in [-0.2, -0.15) is 0 Å². The molecule has 3 rings (SSSR count). The van der Waals surface area contributed by atoms with Crippen molar-refractivity contribution >= 4 is 22.7 Å². The van der Waals surface area contributed by atoms with Crippen molar-refractivity contribution in [3.8, 4) is 10.4 Å². The van der Waals surface area contributed by atoms with Crippen LogP contribution in [0.15, 0.2) is 53.9 Å². The Balaban J connectivity index is 0.000000247. The predicted molar refractivity (Wildman–Crippen MR) is 90.4 cm³/mol. The lowest BCUT2D eigenvalue weighted by Gasteiger charge is -2.18. The molecule has 0 aliphatic heterocycles. The molecule has 20 heavy (non-hydrogen) atoms. The molecule has 0 aliphatic rings. The number of hydrogen-bond donors (Lipinski definition) is 0. The Kier molecular flexibility index (Phi) is 5.16. The van der Waals surface area contributed by atoms with Gasteiger partial charge in [-0.15, -0.1) is 22.7 Å². The van der Waals surface area contributed by atoms with Gasteiger partial charge in [-0.25, -0.2) is 0 Å². The summed E-state index contributed by atoms with van der Waals surface area (Å²) in [6, 6.07) is 16.8. The SMILES string of the molecule is CC(C)(C)c1ccc(-c2cc[c]s2)cc1.[c]1cccs1. The van der Waals surface area contributed by atoms with Crippen molar-refractivity contribution in [3.05, 3.63) is 70.2 Å². The monoisotopic (exact) mass is 298 g/mol. The van der Waals surface area contributed by atoms with Crippen LogP contribution in [0.3, 0.4) is 0 Å². The van der Waals surface area contributed by atoms with Crippen LogP contribution in [0, 0.1) is 10.8 Å². The van der Waals surface area contributed by atoms with Gasteiger partial charge in [0.1, 0.15) is 0 Å². The second-order valence-electron chi connectivity index (χ2n) is 5.48. The molecule has 0 bridgehead atoms. The van der Waals surface area contributed by atoms with Crippen LogP contribution >= 0.6 is 22.7 Å². The second-order valence-corrected chi connectivity index (χ2v) is 7.10. The molecule has 0 unspecified atom stereocenters. The molecule has 1 aromatic carbocycles. The van der Waals surface area contributed by atoms with Gasteiger partial charge in [0.2, 0.25) is 0 Å². The predicted octanol–water partition coefficient (Wildman–Crippen LogP) is 6.06. The molecule has 102 valence electrons. The van der Waals surface area contributed by atoms with E-state index in [1.54, 1.807) is 22.7 Å². The molecule has 2 heteroatoms. The Morgan fingerprint density at radius 3 is 2.05 bits per heavy atom. The molecular formula is C18H18S2. The van der Waals surface area contributed by atoms with E-state index in [4.69, 9.17) is 0 Å². The van der Waals surface area contributed by atoms with Crippen LogP contribution in [0.2, 0.25) is 0 Å². The van der Waals surface area contributed by atoms with Crippen molar-refractivity contribution in [1.29, 1.82) is 0 Å². The quantitative estimate of drug-likeness (QED) is 0.512. The van der Waals surface area contributed by atoms with E-state index in [0.717, 1.165) is 0 Å². The number of benzene rings is 1. The lowest BCUT2D eigenvalue weighted by molar-refractivity contribution is 0.590. The van der Waals surface area contributed by atoms with E-state index >= 15 is 0 Å². The van der Waals surface area contributed by atoms with Gasteiger partial charge in [-0.05, 0) is 40.1 Å². The first kappa shape index (κ1) is 15.0. The van der Waals surface area contributed by atoms with Crippen molar-refractivity contribution in [1.82, 2.24) is 0 Å². The molecule has 0 saturated carbocycles. The van der Waals surface area contributed by atoms with Crippen LogP contribution < -0.4 is 0 Å². The van der Waals surface area contributed by atoms with Gasteiger partial charge in [-0.3, -0.25) is 0 Å². The average molecular weight is 298 g/mol. The van der Waals surface area contributed by atoms with Crippen LogP contribution in [0.1, 0.15) is 26.3 Å². The average Bonchev–Trinajstić information content (AvgIpc) is 3.14. The topological polar surface area (TPSA) is 0 Å². The first-order chi connectivity index (χ1) is 9.57. The standard InChI is InChI=1S/C14H15S.C4H3S/c1-14(2,3)12-8-6-11(7-9-12)13-5-4-10-15-13;1-2-4-5-3-1/h4-9H,1-3H3;1-3H. The van der Waals surface area contributed by atoms with Crippen LogP contribution in [-0.4, -0.2) is 0 Å². The van der Waals surface area contributed by atoms with Crippen LogP contribution in [0.4, 0.5) is 0 Å². The van der Waals surface area contributed by atoms with Gasteiger partial charge < -0.3 is 0 Å². The Bertz CT molecular complexity index is 565. The van der Waals surface area contributed by atoms with Crippen molar-refractivity contribution in [2.24, 2.45) is 0 Å². The first-order valence-corrected chi connectivity index (χ1v) is 8.23. The van der Waals surface area contributed by atoms with Crippen LogP contribution in [0.25, 0.3) is 10.4 Å². The van der Waals surface area contributed by atoms with E-state index in [9.17, 15) is 0 Å². The van der Waals surface area contributed by atoms with Gasteiger partial charge in [0.15, 0.2) is 0 Å². The maximum absolute atomic E-state index is 3.11. The smallest absolute Gasteiger partial charge is 0.0449 e. The van der Waals surface area contributed by atoms with E-state index in [1.165, 1.54) is 16.0 Å². The summed E-state index contributed by atoms with van der Waals surface area (Å²) in [6.07, 6.45) is 0. The largest absolute Gasteiger partial charge is 0.143 e. The molecule has 0 saturated heterocycles. The maximum Gasteiger partial charge on any atom is 0.0449 e. The molecule has 0 fully saturated rings. The van der Waals surface area contributed by atoms with Crippen LogP contribution in [-0.2, 0) is 5.41 Å². The van der Waals surface area contributed by atoms with Gasteiger partial charge in [0, 0.05) is 15.6 Å². The summed E-state index contributed by atoms with van der Waals surface area (Å²) in [5.74, 6) is 0. The Labute approximate surface area is 129 Å². The zero-order valence-electron chi connectivity index (χ0n) is 12.0. The van der Waals surface area contributed by atoms with E-state index in [-0.39, 0.29) is 5.41 Å².